The third kappa shape index (κ3) is 5.74. The van der Waals surface area contributed by atoms with Gasteiger partial charge in [-0.15, -0.1) is 0 Å². The molecule has 0 bridgehead atoms. The average Bonchev–Trinajstić information content (AvgIpc) is 2.75. The van der Waals surface area contributed by atoms with Crippen molar-refractivity contribution < 1.29 is 40.2 Å². The second kappa shape index (κ2) is 9.81. The first kappa shape index (κ1) is 23.9. The number of hydrogen-bond acceptors (Lipinski definition) is 2. The molecule has 0 fully saturated rings. The molecule has 0 spiro atoms. The van der Waals surface area contributed by atoms with Crippen molar-refractivity contribution in [2.75, 3.05) is 0 Å². The number of hydrogen-bond donors (Lipinski definition) is 0. The predicted molar refractivity (Wildman–Crippen MR) is 108 cm³/mol. The minimum atomic E-state index is -3.75. The molecule has 0 amide bonds. The quantitative estimate of drug-likeness (QED) is 0.257. The molecule has 0 aliphatic rings. The topological polar surface area (TPSA) is 18.5 Å². The zero-order valence-electron chi connectivity index (χ0n) is 16.9. The molecule has 172 valence electrons. The molecule has 0 atom stereocenters. The van der Waals surface area contributed by atoms with Crippen LogP contribution >= 0.6 is 0 Å². The Morgan fingerprint density at radius 1 is 0.848 bits per heavy atom. The summed E-state index contributed by atoms with van der Waals surface area (Å²) in [6.07, 6.45) is -3.05. The smallest absolute Gasteiger partial charge is 0.426 e. The molecule has 3 rings (SSSR count). The Morgan fingerprint density at radius 3 is 2.12 bits per heavy atom. The molecule has 33 heavy (non-hydrogen) atoms. The Hall–Kier alpha value is -3.75. The van der Waals surface area contributed by atoms with Gasteiger partial charge in [0.25, 0.3) is 0 Å². The summed E-state index contributed by atoms with van der Waals surface area (Å²) in [4.78, 5) is 0. The Morgan fingerprint density at radius 2 is 1.55 bits per heavy atom. The average molecular weight is 468 g/mol. The van der Waals surface area contributed by atoms with E-state index >= 15 is 0 Å². The van der Waals surface area contributed by atoms with E-state index < -0.39 is 46.9 Å². The molecule has 0 unspecified atom stereocenters. The number of allylic oxidation sites excluding steroid dienone is 1. The first-order valence-electron chi connectivity index (χ1n) is 9.39. The van der Waals surface area contributed by atoms with Crippen molar-refractivity contribution in [2.45, 2.75) is 13.0 Å². The lowest BCUT2D eigenvalue weighted by molar-refractivity contribution is -0.185. The van der Waals surface area contributed by atoms with Crippen molar-refractivity contribution in [3.05, 3.63) is 102 Å². The number of halogens is 7. The number of ether oxygens (including phenoxy) is 2. The van der Waals surface area contributed by atoms with Crippen LogP contribution in [-0.4, -0.2) is 0 Å². The number of rotatable bonds is 7. The summed E-state index contributed by atoms with van der Waals surface area (Å²) in [5.41, 5.74) is 0.00780. The lowest BCUT2D eigenvalue weighted by atomic mass is 10.0. The van der Waals surface area contributed by atoms with Gasteiger partial charge in [-0.3, -0.25) is 0 Å². The van der Waals surface area contributed by atoms with Gasteiger partial charge in [-0.05, 0) is 54.4 Å². The standard InChI is InChI=1S/C24H15F7O2/c1-2-3-14-4-7-16(8-5-14)24(30,31)33-17-9-10-18(19(25)13-17)15-6-11-21(20(26)12-15)32-23(29)22(27)28/h2-13H,1H3. The fourth-order valence-electron chi connectivity index (χ4n) is 2.87. The zero-order valence-corrected chi connectivity index (χ0v) is 16.9. The Bertz CT molecular complexity index is 1200. The van der Waals surface area contributed by atoms with Gasteiger partial charge in [0.1, 0.15) is 11.6 Å². The maximum absolute atomic E-state index is 14.5. The van der Waals surface area contributed by atoms with Crippen LogP contribution in [0.25, 0.3) is 17.2 Å². The highest BCUT2D eigenvalue weighted by Crippen LogP contribution is 2.35. The van der Waals surface area contributed by atoms with E-state index in [1.165, 1.54) is 24.3 Å². The first-order valence-corrected chi connectivity index (χ1v) is 9.39. The van der Waals surface area contributed by atoms with E-state index in [1.54, 1.807) is 19.1 Å². The van der Waals surface area contributed by atoms with Crippen LogP contribution in [0.2, 0.25) is 0 Å². The summed E-state index contributed by atoms with van der Waals surface area (Å²) >= 11 is 0. The second-order valence-corrected chi connectivity index (χ2v) is 6.66. The highest BCUT2D eigenvalue weighted by molar-refractivity contribution is 5.66. The van der Waals surface area contributed by atoms with Crippen LogP contribution in [0.5, 0.6) is 11.5 Å². The lowest BCUT2D eigenvalue weighted by Crippen LogP contribution is -2.21. The van der Waals surface area contributed by atoms with Gasteiger partial charge in [-0.2, -0.15) is 22.0 Å². The van der Waals surface area contributed by atoms with Crippen LogP contribution in [0, 0.1) is 11.6 Å². The summed E-state index contributed by atoms with van der Waals surface area (Å²) in [6.45, 7) is 1.78. The molecule has 0 aliphatic carbocycles. The van der Waals surface area contributed by atoms with Crippen LogP contribution in [0.4, 0.5) is 30.7 Å². The van der Waals surface area contributed by atoms with Crippen molar-refractivity contribution in [1.29, 1.82) is 0 Å². The van der Waals surface area contributed by atoms with Crippen molar-refractivity contribution in [1.82, 2.24) is 0 Å². The molecular formula is C24H15F7O2. The summed E-state index contributed by atoms with van der Waals surface area (Å²) in [5, 5.41) is 0. The summed E-state index contributed by atoms with van der Waals surface area (Å²) in [5.74, 6) is -3.58. The SMILES string of the molecule is CC=Cc1ccc(C(F)(F)Oc2ccc(-c3ccc(OC(F)=C(F)F)c(F)c3)c(F)c2)cc1. The van der Waals surface area contributed by atoms with E-state index in [4.69, 9.17) is 0 Å². The Labute approximate surface area is 184 Å². The van der Waals surface area contributed by atoms with E-state index in [-0.39, 0.29) is 11.1 Å². The van der Waals surface area contributed by atoms with Gasteiger partial charge in [-0.25, -0.2) is 8.78 Å². The molecule has 2 nitrogen and oxygen atoms in total. The van der Waals surface area contributed by atoms with E-state index in [0.717, 1.165) is 30.3 Å². The van der Waals surface area contributed by atoms with Crippen LogP contribution in [0.15, 0.2) is 78.8 Å². The molecule has 9 heteroatoms. The minimum absolute atomic E-state index is 0.0691. The Kier molecular flexibility index (Phi) is 7.10. The van der Waals surface area contributed by atoms with Gasteiger partial charge in [0, 0.05) is 11.6 Å². The van der Waals surface area contributed by atoms with Crippen molar-refractivity contribution in [3.63, 3.8) is 0 Å². The highest BCUT2D eigenvalue weighted by atomic mass is 19.3. The maximum Gasteiger partial charge on any atom is 0.426 e. The van der Waals surface area contributed by atoms with Crippen molar-refractivity contribution in [3.8, 4) is 22.6 Å². The molecule has 0 N–H and O–H groups in total. The van der Waals surface area contributed by atoms with Crippen LogP contribution < -0.4 is 9.47 Å². The largest absolute Gasteiger partial charge is 0.429 e. The zero-order chi connectivity index (χ0) is 24.2. The minimum Gasteiger partial charge on any atom is -0.429 e. The van der Waals surface area contributed by atoms with Gasteiger partial charge >= 0.3 is 18.2 Å². The molecule has 3 aromatic rings. The lowest BCUT2D eigenvalue weighted by Gasteiger charge is -2.19. The van der Waals surface area contributed by atoms with Gasteiger partial charge in [-0.1, -0.05) is 30.4 Å². The van der Waals surface area contributed by atoms with Crippen molar-refractivity contribution >= 4 is 6.08 Å². The van der Waals surface area contributed by atoms with Gasteiger partial charge < -0.3 is 9.47 Å². The maximum atomic E-state index is 14.5. The molecule has 0 aliphatic heterocycles. The van der Waals surface area contributed by atoms with Gasteiger partial charge in [0.05, 0.1) is 5.56 Å². The fraction of sp³-hybridized carbons (Fsp3) is 0.0833. The second-order valence-electron chi connectivity index (χ2n) is 6.66. The third-order valence-electron chi connectivity index (χ3n) is 4.38. The predicted octanol–water partition coefficient (Wildman–Crippen LogP) is 8.21. The monoisotopic (exact) mass is 468 g/mol. The van der Waals surface area contributed by atoms with Gasteiger partial charge in [0.15, 0.2) is 11.6 Å². The molecular weight excluding hydrogens is 453 g/mol. The van der Waals surface area contributed by atoms with Crippen LogP contribution in [-0.2, 0) is 6.11 Å². The molecule has 0 heterocycles. The van der Waals surface area contributed by atoms with E-state index in [9.17, 15) is 30.7 Å². The normalized spacial score (nSPS) is 11.5. The molecule has 0 aromatic heterocycles. The summed E-state index contributed by atoms with van der Waals surface area (Å²) < 4.78 is 103. The van der Waals surface area contributed by atoms with Crippen LogP contribution in [0.3, 0.4) is 0 Å². The number of alkyl halides is 2. The molecule has 0 radical (unpaired) electrons. The molecule has 3 aromatic carbocycles. The number of benzene rings is 3. The van der Waals surface area contributed by atoms with E-state index in [0.29, 0.717) is 11.6 Å². The van der Waals surface area contributed by atoms with Gasteiger partial charge in [0.2, 0.25) is 0 Å². The van der Waals surface area contributed by atoms with Crippen molar-refractivity contribution in [2.24, 2.45) is 0 Å². The van der Waals surface area contributed by atoms with E-state index in [2.05, 4.69) is 9.47 Å². The summed E-state index contributed by atoms with van der Waals surface area (Å²) in [7, 11) is 0. The van der Waals surface area contributed by atoms with Crippen LogP contribution in [0.1, 0.15) is 18.1 Å². The van der Waals surface area contributed by atoms with E-state index in [1.807, 2.05) is 0 Å². The third-order valence-corrected chi connectivity index (χ3v) is 4.38. The fourth-order valence-corrected chi connectivity index (χ4v) is 2.87. The molecule has 0 saturated heterocycles. The Balaban J connectivity index is 1.81. The first-order chi connectivity index (χ1) is 15.6. The highest BCUT2D eigenvalue weighted by Gasteiger charge is 2.34. The molecule has 0 saturated carbocycles. The summed E-state index contributed by atoms with van der Waals surface area (Å²) in [6, 6.07) is 8.49.